The van der Waals surface area contributed by atoms with E-state index in [1.807, 2.05) is 78.9 Å². The molecule has 0 aliphatic carbocycles. The minimum absolute atomic E-state index is 0.0541. The molecule has 0 spiro atoms. The maximum atomic E-state index is 13.0. The quantitative estimate of drug-likeness (QED) is 0.0508. The van der Waals surface area contributed by atoms with Crippen molar-refractivity contribution in [1.82, 2.24) is 9.55 Å². The number of benzene rings is 3. The van der Waals surface area contributed by atoms with Crippen LogP contribution in [0.3, 0.4) is 0 Å². The van der Waals surface area contributed by atoms with Gasteiger partial charge in [-0.15, -0.1) is 0 Å². The number of hydrogen-bond donors (Lipinski definition) is 2. The number of ether oxygens (including phenoxy) is 5. The number of hydrogen-bond acceptors (Lipinski definition) is 8. The van der Waals surface area contributed by atoms with Crippen LogP contribution in [0, 0.1) is 0 Å². The summed E-state index contributed by atoms with van der Waals surface area (Å²) < 4.78 is 32.0. The molecule has 2 heterocycles. The molecule has 0 radical (unpaired) electrons. The first-order chi connectivity index (χ1) is 27.4. The van der Waals surface area contributed by atoms with Crippen molar-refractivity contribution in [3.8, 4) is 11.5 Å². The summed E-state index contributed by atoms with van der Waals surface area (Å²) in [6, 6.07) is 26.6. The molecule has 1 aliphatic rings. The van der Waals surface area contributed by atoms with Gasteiger partial charge in [0.25, 0.3) is 5.56 Å². The lowest BCUT2D eigenvalue weighted by molar-refractivity contribution is -0.0982. The second-order valence-corrected chi connectivity index (χ2v) is 14.8. The smallest absolute Gasteiger partial charge is 0.330 e. The second-order valence-electron chi connectivity index (χ2n) is 14.8. The molecule has 304 valence electrons. The predicted molar refractivity (Wildman–Crippen MR) is 220 cm³/mol. The minimum atomic E-state index is -1.14. The van der Waals surface area contributed by atoms with E-state index in [1.165, 1.54) is 87.5 Å². The number of nitrogens with zero attached hydrogens (tertiary/aromatic N) is 1. The monoisotopic (exact) mass is 770 g/mol. The van der Waals surface area contributed by atoms with Crippen molar-refractivity contribution in [3.63, 3.8) is 0 Å². The number of rotatable bonds is 25. The van der Waals surface area contributed by atoms with Crippen LogP contribution in [0.5, 0.6) is 11.5 Å². The third-order valence-corrected chi connectivity index (χ3v) is 10.9. The van der Waals surface area contributed by atoms with Crippen molar-refractivity contribution in [1.29, 1.82) is 0 Å². The average molecular weight is 771 g/mol. The largest absolute Gasteiger partial charge is 0.497 e. The first-order valence-electron chi connectivity index (χ1n) is 20.7. The number of methoxy groups -OCH3 is 2. The highest BCUT2D eigenvalue weighted by atomic mass is 16.6. The van der Waals surface area contributed by atoms with Crippen molar-refractivity contribution < 1.29 is 28.8 Å². The molecule has 1 aliphatic heterocycles. The Morgan fingerprint density at radius 2 is 1.18 bits per heavy atom. The molecule has 10 heteroatoms. The van der Waals surface area contributed by atoms with Crippen LogP contribution in [-0.2, 0) is 19.8 Å². The van der Waals surface area contributed by atoms with Crippen molar-refractivity contribution in [2.75, 3.05) is 27.4 Å². The molecule has 56 heavy (non-hydrogen) atoms. The maximum absolute atomic E-state index is 13.0. The van der Waals surface area contributed by atoms with E-state index in [2.05, 4.69) is 11.9 Å². The van der Waals surface area contributed by atoms with Crippen LogP contribution in [0.4, 0.5) is 0 Å². The molecule has 0 amide bonds. The van der Waals surface area contributed by atoms with E-state index in [-0.39, 0.29) is 6.61 Å². The highest BCUT2D eigenvalue weighted by Gasteiger charge is 2.48. The number of H-pyrrole nitrogens is 1. The maximum Gasteiger partial charge on any atom is 0.330 e. The van der Waals surface area contributed by atoms with Gasteiger partial charge in [0, 0.05) is 18.9 Å². The average Bonchev–Trinajstić information content (AvgIpc) is 3.54. The Morgan fingerprint density at radius 3 is 1.68 bits per heavy atom. The zero-order valence-corrected chi connectivity index (χ0v) is 33.5. The summed E-state index contributed by atoms with van der Waals surface area (Å²) in [6.07, 6.45) is 15.0. The van der Waals surface area contributed by atoms with Crippen LogP contribution in [-0.4, -0.2) is 60.4 Å². The van der Waals surface area contributed by atoms with Crippen molar-refractivity contribution in [3.05, 3.63) is 129 Å². The SMILES string of the molecule is CCCCCCCCCCCCCCCCO[C@@H]1[C@H](O)[C@@H](COC(c2ccccc2)(c2ccc(OC)cc2)c2ccc(OC)cc2)O[C@H]1n1ccc(=O)[nH]c1=O. The lowest BCUT2D eigenvalue weighted by atomic mass is 9.80. The van der Waals surface area contributed by atoms with E-state index in [0.29, 0.717) is 18.1 Å². The Morgan fingerprint density at radius 1 is 0.679 bits per heavy atom. The van der Waals surface area contributed by atoms with Crippen LogP contribution in [0.1, 0.15) is 120 Å². The van der Waals surface area contributed by atoms with Gasteiger partial charge in [-0.2, -0.15) is 0 Å². The Bertz CT molecular complexity index is 1760. The zero-order valence-electron chi connectivity index (χ0n) is 33.5. The van der Waals surface area contributed by atoms with Gasteiger partial charge < -0.3 is 28.8 Å². The number of aliphatic hydroxyl groups is 1. The molecular weight excluding hydrogens is 709 g/mol. The summed E-state index contributed by atoms with van der Waals surface area (Å²) in [5, 5.41) is 11.8. The van der Waals surface area contributed by atoms with Crippen molar-refractivity contribution in [2.24, 2.45) is 0 Å². The molecule has 5 rings (SSSR count). The minimum Gasteiger partial charge on any atom is -0.497 e. The highest BCUT2D eigenvalue weighted by molar-refractivity contribution is 5.49. The fraction of sp³-hybridized carbons (Fsp3) is 0.522. The summed E-state index contributed by atoms with van der Waals surface area (Å²) in [7, 11) is 3.25. The van der Waals surface area contributed by atoms with E-state index < -0.39 is 41.4 Å². The van der Waals surface area contributed by atoms with Gasteiger partial charge >= 0.3 is 5.69 Å². The third kappa shape index (κ3) is 11.4. The van der Waals surface area contributed by atoms with Crippen LogP contribution in [0.2, 0.25) is 0 Å². The molecule has 0 bridgehead atoms. The molecule has 1 saturated heterocycles. The Kier molecular flexibility index (Phi) is 17.2. The van der Waals surface area contributed by atoms with Gasteiger partial charge in [-0.1, -0.05) is 145 Å². The van der Waals surface area contributed by atoms with Gasteiger partial charge in [-0.25, -0.2) is 4.79 Å². The number of nitrogens with one attached hydrogen (secondary N) is 1. The highest BCUT2D eigenvalue weighted by Crippen LogP contribution is 2.43. The first-order valence-corrected chi connectivity index (χ1v) is 20.7. The zero-order chi connectivity index (χ0) is 39.6. The molecule has 1 aromatic heterocycles. The number of aliphatic hydroxyl groups excluding tert-OH is 1. The van der Waals surface area contributed by atoms with E-state index in [9.17, 15) is 14.7 Å². The molecule has 1 fully saturated rings. The van der Waals surface area contributed by atoms with Gasteiger partial charge in [0.1, 0.15) is 35.4 Å². The molecule has 3 aromatic carbocycles. The Balaban J connectivity index is 1.27. The summed E-state index contributed by atoms with van der Waals surface area (Å²) in [6.45, 7) is 2.61. The van der Waals surface area contributed by atoms with Crippen LogP contribution in [0.25, 0.3) is 0 Å². The fourth-order valence-electron chi connectivity index (χ4n) is 7.69. The number of aromatic amines is 1. The summed E-state index contributed by atoms with van der Waals surface area (Å²) in [5.41, 5.74) is 0.234. The summed E-state index contributed by atoms with van der Waals surface area (Å²) in [4.78, 5) is 27.3. The predicted octanol–water partition coefficient (Wildman–Crippen LogP) is 8.69. The molecule has 2 N–H and O–H groups in total. The lowest BCUT2D eigenvalue weighted by Crippen LogP contribution is -2.41. The third-order valence-electron chi connectivity index (χ3n) is 10.9. The molecule has 0 unspecified atom stereocenters. The molecule has 0 saturated carbocycles. The summed E-state index contributed by atoms with van der Waals surface area (Å²) >= 11 is 0. The van der Waals surface area contributed by atoms with E-state index in [0.717, 1.165) is 36.0 Å². The molecule has 10 nitrogen and oxygen atoms in total. The van der Waals surface area contributed by atoms with Crippen LogP contribution < -0.4 is 20.7 Å². The Labute approximate surface area is 332 Å². The van der Waals surface area contributed by atoms with Gasteiger partial charge in [-0.05, 0) is 47.4 Å². The Hall–Kier alpha value is -4.22. The van der Waals surface area contributed by atoms with E-state index in [1.54, 1.807) is 14.2 Å². The first kappa shape index (κ1) is 42.9. The van der Waals surface area contributed by atoms with Crippen LogP contribution >= 0.6 is 0 Å². The van der Waals surface area contributed by atoms with E-state index >= 15 is 0 Å². The van der Waals surface area contributed by atoms with Gasteiger partial charge in [0.05, 0.1) is 20.8 Å². The van der Waals surface area contributed by atoms with E-state index in [4.69, 9.17) is 23.7 Å². The van der Waals surface area contributed by atoms with Crippen molar-refractivity contribution in [2.45, 2.75) is 127 Å². The second kappa shape index (κ2) is 22.5. The standard InChI is InChI=1S/C46H62N2O8/c1-4-5-6-7-8-9-10-11-12-13-14-15-16-20-33-54-43-42(50)40(56-44(43)48-32-31-41(49)47-45(48)51)34-55-46(35-21-18-17-19-22-35,36-23-27-38(52-2)28-24-36)37-25-29-39(53-3)30-26-37/h17-19,21-32,40,42-44,50H,4-16,20,33-34H2,1-3H3,(H,47,49,51)/t40-,42-,43-,44-/m1/s1. The number of unbranched alkanes of at least 4 members (excludes halogenated alkanes) is 13. The fourth-order valence-corrected chi connectivity index (χ4v) is 7.69. The summed E-state index contributed by atoms with van der Waals surface area (Å²) in [5.74, 6) is 1.40. The van der Waals surface area contributed by atoms with Crippen LogP contribution in [0.15, 0.2) is 101 Å². The van der Waals surface area contributed by atoms with Crippen molar-refractivity contribution >= 4 is 0 Å². The normalized spacial score (nSPS) is 18.3. The topological polar surface area (TPSA) is 121 Å². The molecular formula is C46H62N2O8. The van der Waals surface area contributed by atoms with Gasteiger partial charge in [0.15, 0.2) is 6.23 Å². The lowest BCUT2D eigenvalue weighted by Gasteiger charge is -2.37. The number of aromatic nitrogens is 2. The molecule has 4 atom stereocenters. The van der Waals surface area contributed by atoms with Gasteiger partial charge in [0.2, 0.25) is 0 Å². The van der Waals surface area contributed by atoms with Gasteiger partial charge in [-0.3, -0.25) is 14.3 Å². The molecule has 4 aromatic rings.